The fourth-order valence-electron chi connectivity index (χ4n) is 2.54. The van der Waals surface area contributed by atoms with E-state index in [4.69, 9.17) is 11.6 Å². The first kappa shape index (κ1) is 16.7. The molecule has 1 saturated carbocycles. The Balaban J connectivity index is 1.83. The van der Waals surface area contributed by atoms with Crippen molar-refractivity contribution in [3.8, 4) is 0 Å². The second-order valence-corrected chi connectivity index (χ2v) is 5.91. The normalized spacial score (nSPS) is 21.2. The van der Waals surface area contributed by atoms with Crippen LogP contribution in [0, 0.1) is 11.7 Å². The third-order valence-corrected chi connectivity index (χ3v) is 3.93. The first-order valence-electron chi connectivity index (χ1n) is 7.18. The van der Waals surface area contributed by atoms with Gasteiger partial charge in [0.25, 0.3) is 0 Å². The van der Waals surface area contributed by atoms with Gasteiger partial charge in [0.2, 0.25) is 0 Å². The summed E-state index contributed by atoms with van der Waals surface area (Å²) in [6.07, 6.45) is 2.87. The minimum Gasteiger partial charge on any atom is -0.393 e. The molecule has 1 aromatic carbocycles. The molecule has 3 N–H and O–H groups in total. The average molecular weight is 329 g/mol. The quantitative estimate of drug-likeness (QED) is 0.743. The molecule has 1 aliphatic rings. The van der Waals surface area contributed by atoms with Crippen molar-refractivity contribution in [1.29, 1.82) is 0 Å². The Morgan fingerprint density at radius 2 is 2.09 bits per heavy atom. The maximum absolute atomic E-state index is 13.5. The first-order chi connectivity index (χ1) is 10.5. The van der Waals surface area contributed by atoms with Gasteiger partial charge >= 0.3 is 11.8 Å². The van der Waals surface area contributed by atoms with Crippen molar-refractivity contribution >= 4 is 29.1 Å². The molecule has 0 bridgehead atoms. The van der Waals surface area contributed by atoms with E-state index >= 15 is 0 Å². The summed E-state index contributed by atoms with van der Waals surface area (Å²) in [5, 5.41) is 14.5. The summed E-state index contributed by atoms with van der Waals surface area (Å²) < 4.78 is 13.5. The van der Waals surface area contributed by atoms with Gasteiger partial charge < -0.3 is 15.7 Å². The summed E-state index contributed by atoms with van der Waals surface area (Å²) in [5.74, 6) is -2.30. The molecule has 5 nitrogen and oxygen atoms in total. The van der Waals surface area contributed by atoms with E-state index in [-0.39, 0.29) is 22.7 Å². The highest BCUT2D eigenvalue weighted by atomic mass is 35.5. The summed E-state index contributed by atoms with van der Waals surface area (Å²) >= 11 is 5.61. The second kappa shape index (κ2) is 7.56. The molecule has 0 heterocycles. The van der Waals surface area contributed by atoms with E-state index in [2.05, 4.69) is 10.6 Å². The molecular weight excluding hydrogens is 311 g/mol. The Labute approximate surface area is 132 Å². The van der Waals surface area contributed by atoms with Crippen molar-refractivity contribution in [2.24, 2.45) is 5.92 Å². The molecule has 0 aromatic heterocycles. The van der Waals surface area contributed by atoms with Crippen molar-refractivity contribution in [1.82, 2.24) is 5.32 Å². The average Bonchev–Trinajstić information content (AvgIpc) is 2.47. The number of halogens is 2. The fourth-order valence-corrected chi connectivity index (χ4v) is 2.69. The van der Waals surface area contributed by atoms with Crippen LogP contribution in [-0.4, -0.2) is 29.6 Å². The van der Waals surface area contributed by atoms with Crippen LogP contribution < -0.4 is 10.6 Å². The van der Waals surface area contributed by atoms with Crippen LogP contribution in [0.15, 0.2) is 18.2 Å². The smallest absolute Gasteiger partial charge is 0.313 e. The number of anilines is 1. The SMILES string of the molecule is O=C(NCC1CCCC(O)C1)C(=O)Nc1ccc(Cl)cc1F. The number of rotatable bonds is 3. The first-order valence-corrected chi connectivity index (χ1v) is 7.56. The van der Waals surface area contributed by atoms with Gasteiger partial charge in [-0.2, -0.15) is 0 Å². The maximum atomic E-state index is 13.5. The van der Waals surface area contributed by atoms with E-state index in [1.807, 2.05) is 0 Å². The van der Waals surface area contributed by atoms with Gasteiger partial charge in [-0.25, -0.2) is 4.39 Å². The van der Waals surface area contributed by atoms with E-state index in [1.165, 1.54) is 12.1 Å². The van der Waals surface area contributed by atoms with Crippen LogP contribution in [0.3, 0.4) is 0 Å². The molecular formula is C15H18ClFN2O3. The Morgan fingerprint density at radius 3 is 2.77 bits per heavy atom. The molecule has 1 aliphatic carbocycles. The monoisotopic (exact) mass is 328 g/mol. The largest absolute Gasteiger partial charge is 0.393 e. The van der Waals surface area contributed by atoms with Crippen LogP contribution in [0.2, 0.25) is 5.02 Å². The molecule has 0 aliphatic heterocycles. The molecule has 2 unspecified atom stereocenters. The van der Waals surface area contributed by atoms with Crippen molar-refractivity contribution in [2.75, 3.05) is 11.9 Å². The van der Waals surface area contributed by atoms with Gasteiger partial charge in [0.1, 0.15) is 5.82 Å². The van der Waals surface area contributed by atoms with Crippen LogP contribution in [-0.2, 0) is 9.59 Å². The summed E-state index contributed by atoms with van der Waals surface area (Å²) in [7, 11) is 0. The Hall–Kier alpha value is -1.66. The van der Waals surface area contributed by atoms with Gasteiger partial charge in [0.05, 0.1) is 11.8 Å². The number of aliphatic hydroxyl groups is 1. The molecule has 1 fully saturated rings. The number of nitrogens with one attached hydrogen (secondary N) is 2. The highest BCUT2D eigenvalue weighted by Gasteiger charge is 2.22. The van der Waals surface area contributed by atoms with E-state index in [1.54, 1.807) is 0 Å². The van der Waals surface area contributed by atoms with Crippen LogP contribution >= 0.6 is 11.6 Å². The van der Waals surface area contributed by atoms with Crippen molar-refractivity contribution in [3.05, 3.63) is 29.0 Å². The van der Waals surface area contributed by atoms with Crippen LogP contribution in [0.25, 0.3) is 0 Å². The minimum atomic E-state index is -0.933. The van der Waals surface area contributed by atoms with E-state index < -0.39 is 17.6 Å². The van der Waals surface area contributed by atoms with Crippen LogP contribution in [0.1, 0.15) is 25.7 Å². The Kier molecular flexibility index (Phi) is 5.74. The Morgan fingerprint density at radius 1 is 1.32 bits per heavy atom. The maximum Gasteiger partial charge on any atom is 0.313 e. The zero-order valence-corrected chi connectivity index (χ0v) is 12.7. The number of amides is 2. The standard InChI is InChI=1S/C15H18ClFN2O3/c16-10-4-5-13(12(17)7-10)19-15(22)14(21)18-8-9-2-1-3-11(20)6-9/h4-5,7,9,11,20H,1-3,6,8H2,(H,18,21)(H,19,22). The van der Waals surface area contributed by atoms with Gasteiger partial charge in [-0.3, -0.25) is 9.59 Å². The third kappa shape index (κ3) is 4.68. The molecule has 0 spiro atoms. The lowest BCUT2D eigenvalue weighted by atomic mass is 9.87. The molecule has 0 saturated heterocycles. The van der Waals surface area contributed by atoms with Crippen molar-refractivity contribution in [3.63, 3.8) is 0 Å². The number of carbonyl (C=O) groups is 2. The zero-order chi connectivity index (χ0) is 16.1. The highest BCUT2D eigenvalue weighted by molar-refractivity contribution is 6.39. The molecule has 2 rings (SSSR count). The summed E-state index contributed by atoms with van der Waals surface area (Å²) in [4.78, 5) is 23.4. The number of aliphatic hydroxyl groups excluding tert-OH is 1. The van der Waals surface area contributed by atoms with Gasteiger partial charge in [0.15, 0.2) is 0 Å². The van der Waals surface area contributed by atoms with Gasteiger partial charge in [0, 0.05) is 11.6 Å². The molecule has 1 aromatic rings. The lowest BCUT2D eigenvalue weighted by molar-refractivity contribution is -0.136. The van der Waals surface area contributed by atoms with Gasteiger partial charge in [-0.1, -0.05) is 18.0 Å². The highest BCUT2D eigenvalue weighted by Crippen LogP contribution is 2.23. The zero-order valence-electron chi connectivity index (χ0n) is 11.9. The minimum absolute atomic E-state index is 0.0994. The molecule has 2 amide bonds. The lowest BCUT2D eigenvalue weighted by Gasteiger charge is -2.25. The predicted molar refractivity (Wildman–Crippen MR) is 81.0 cm³/mol. The van der Waals surface area contributed by atoms with Crippen LogP contribution in [0.4, 0.5) is 10.1 Å². The van der Waals surface area contributed by atoms with Gasteiger partial charge in [-0.05, 0) is 43.4 Å². The predicted octanol–water partition coefficient (Wildman–Crippen LogP) is 2.08. The van der Waals surface area contributed by atoms with E-state index in [9.17, 15) is 19.1 Å². The van der Waals surface area contributed by atoms with Crippen LogP contribution in [0.5, 0.6) is 0 Å². The molecule has 2 atom stereocenters. The summed E-state index contributed by atoms with van der Waals surface area (Å²) in [6.45, 7) is 0.326. The fraction of sp³-hybridized carbons (Fsp3) is 0.467. The lowest BCUT2D eigenvalue weighted by Crippen LogP contribution is -2.39. The summed E-state index contributed by atoms with van der Waals surface area (Å²) in [5.41, 5.74) is -0.0994. The molecule has 120 valence electrons. The number of carbonyl (C=O) groups excluding carboxylic acids is 2. The number of hydrogen-bond acceptors (Lipinski definition) is 3. The third-order valence-electron chi connectivity index (χ3n) is 3.69. The van der Waals surface area contributed by atoms with Crippen molar-refractivity contribution < 1.29 is 19.1 Å². The van der Waals surface area contributed by atoms with E-state index in [0.717, 1.165) is 25.3 Å². The molecule has 22 heavy (non-hydrogen) atoms. The summed E-state index contributed by atoms with van der Waals surface area (Å²) in [6, 6.07) is 3.76. The molecule has 0 radical (unpaired) electrons. The van der Waals surface area contributed by atoms with Gasteiger partial charge in [-0.15, -0.1) is 0 Å². The number of hydrogen-bond donors (Lipinski definition) is 3. The Bertz CT molecular complexity index is 568. The number of benzene rings is 1. The van der Waals surface area contributed by atoms with E-state index in [0.29, 0.717) is 13.0 Å². The second-order valence-electron chi connectivity index (χ2n) is 5.47. The molecule has 7 heteroatoms. The topological polar surface area (TPSA) is 78.4 Å². The van der Waals surface area contributed by atoms with Crippen molar-refractivity contribution in [2.45, 2.75) is 31.8 Å².